The highest BCUT2D eigenvalue weighted by Crippen LogP contribution is 2.30. The zero-order valence-corrected chi connectivity index (χ0v) is 18.0. The summed E-state index contributed by atoms with van der Waals surface area (Å²) in [6.07, 6.45) is 6.21. The van der Waals surface area contributed by atoms with Crippen LogP contribution < -0.4 is 5.32 Å². The second-order valence-electron chi connectivity index (χ2n) is 8.19. The van der Waals surface area contributed by atoms with E-state index in [4.69, 9.17) is 0 Å². The van der Waals surface area contributed by atoms with Crippen LogP contribution in [0, 0.1) is 5.92 Å². The van der Waals surface area contributed by atoms with Crippen LogP contribution in [0.15, 0.2) is 30.5 Å². The predicted molar refractivity (Wildman–Crippen MR) is 115 cm³/mol. The topological polar surface area (TPSA) is 103 Å². The fraction of sp³-hybridized carbons (Fsp3) is 0.524. The lowest BCUT2D eigenvalue weighted by Crippen LogP contribution is -2.55. The Labute approximate surface area is 176 Å². The molecular weight excluding hydrogens is 404 g/mol. The molecule has 1 aliphatic carbocycles. The van der Waals surface area contributed by atoms with Gasteiger partial charge in [0.2, 0.25) is 15.9 Å². The van der Waals surface area contributed by atoms with Gasteiger partial charge in [0.1, 0.15) is 0 Å². The lowest BCUT2D eigenvalue weighted by atomic mass is 9.83. The summed E-state index contributed by atoms with van der Waals surface area (Å²) in [5.74, 6) is -0.607. The molecule has 2 aromatic rings. The molecule has 0 radical (unpaired) electrons. The van der Waals surface area contributed by atoms with Gasteiger partial charge in [-0.2, -0.15) is 4.31 Å². The molecule has 2 heterocycles. The van der Waals surface area contributed by atoms with Gasteiger partial charge in [0.05, 0.1) is 12.2 Å². The highest BCUT2D eigenvalue weighted by molar-refractivity contribution is 7.88. The number of fused-ring (bicyclic) bond motifs is 2. The Morgan fingerprint density at radius 2 is 1.90 bits per heavy atom. The standard InChI is InChI=1S/C21H28N4O4S/c1-30(28,29)25-13-12-24(11-10-23-20(26)17-4-2-3-5-19(17)25)21(27)16-6-7-18-15(14-16)8-9-22-18/h6-9,14,17,19,22H,2-5,10-13H2,1H3,(H,23,26). The lowest BCUT2D eigenvalue weighted by molar-refractivity contribution is -0.127. The van der Waals surface area contributed by atoms with E-state index in [0.717, 1.165) is 23.7 Å². The van der Waals surface area contributed by atoms with E-state index >= 15 is 0 Å². The minimum Gasteiger partial charge on any atom is -0.361 e. The summed E-state index contributed by atoms with van der Waals surface area (Å²) in [7, 11) is -3.51. The van der Waals surface area contributed by atoms with Crippen molar-refractivity contribution in [3.63, 3.8) is 0 Å². The van der Waals surface area contributed by atoms with Crippen molar-refractivity contribution >= 4 is 32.7 Å². The van der Waals surface area contributed by atoms with E-state index in [0.29, 0.717) is 31.5 Å². The van der Waals surface area contributed by atoms with Crippen LogP contribution in [0.5, 0.6) is 0 Å². The van der Waals surface area contributed by atoms with Crippen LogP contribution in [-0.4, -0.2) is 72.9 Å². The Morgan fingerprint density at radius 1 is 1.10 bits per heavy atom. The number of nitrogens with zero attached hydrogens (tertiary/aromatic N) is 2. The third kappa shape index (κ3) is 4.22. The highest BCUT2D eigenvalue weighted by atomic mass is 32.2. The average Bonchev–Trinajstić information content (AvgIpc) is 3.19. The average molecular weight is 433 g/mol. The number of aromatic amines is 1. The maximum atomic E-state index is 13.2. The van der Waals surface area contributed by atoms with Crippen molar-refractivity contribution in [2.75, 3.05) is 32.4 Å². The lowest BCUT2D eigenvalue weighted by Gasteiger charge is -2.39. The predicted octanol–water partition coefficient (Wildman–Crippen LogP) is 1.56. The van der Waals surface area contributed by atoms with Gasteiger partial charge in [0.25, 0.3) is 5.91 Å². The zero-order valence-electron chi connectivity index (χ0n) is 17.1. The number of sulfonamides is 1. The van der Waals surface area contributed by atoms with E-state index in [1.54, 1.807) is 11.0 Å². The van der Waals surface area contributed by atoms with Gasteiger partial charge in [0.15, 0.2) is 0 Å². The third-order valence-electron chi connectivity index (χ3n) is 6.22. The summed E-state index contributed by atoms with van der Waals surface area (Å²) in [6, 6.07) is 7.02. The van der Waals surface area contributed by atoms with Crippen molar-refractivity contribution in [1.29, 1.82) is 0 Å². The molecule has 1 aliphatic heterocycles. The monoisotopic (exact) mass is 432 g/mol. The van der Waals surface area contributed by atoms with Crippen LogP contribution >= 0.6 is 0 Å². The van der Waals surface area contributed by atoms with Crippen LogP contribution in [0.25, 0.3) is 10.9 Å². The summed E-state index contributed by atoms with van der Waals surface area (Å²) >= 11 is 0. The number of carbonyl (C=O) groups is 2. The van der Waals surface area contributed by atoms with Crippen LogP contribution in [-0.2, 0) is 14.8 Å². The minimum absolute atomic E-state index is 0.114. The molecular formula is C21H28N4O4S. The second-order valence-corrected chi connectivity index (χ2v) is 10.1. The van der Waals surface area contributed by atoms with Gasteiger partial charge in [-0.05, 0) is 37.1 Å². The molecule has 9 heteroatoms. The van der Waals surface area contributed by atoms with Gasteiger partial charge in [-0.25, -0.2) is 8.42 Å². The molecule has 2 aliphatic rings. The number of benzene rings is 1. The second kappa shape index (κ2) is 8.39. The molecule has 162 valence electrons. The number of rotatable bonds is 2. The van der Waals surface area contributed by atoms with Crippen molar-refractivity contribution in [3.8, 4) is 0 Å². The van der Waals surface area contributed by atoms with Crippen LogP contribution in [0.1, 0.15) is 36.0 Å². The molecule has 2 amide bonds. The first-order valence-corrected chi connectivity index (χ1v) is 12.3. The van der Waals surface area contributed by atoms with Crippen LogP contribution in [0.3, 0.4) is 0 Å². The van der Waals surface area contributed by atoms with E-state index in [9.17, 15) is 18.0 Å². The van der Waals surface area contributed by atoms with Gasteiger partial charge in [-0.1, -0.05) is 12.8 Å². The molecule has 2 N–H and O–H groups in total. The molecule has 1 saturated carbocycles. The Bertz CT molecular complexity index is 1050. The van der Waals surface area contributed by atoms with Crippen molar-refractivity contribution in [2.24, 2.45) is 5.92 Å². The van der Waals surface area contributed by atoms with E-state index in [1.165, 1.54) is 10.6 Å². The van der Waals surface area contributed by atoms with E-state index in [1.807, 2.05) is 24.4 Å². The maximum absolute atomic E-state index is 13.2. The van der Waals surface area contributed by atoms with Gasteiger partial charge >= 0.3 is 0 Å². The third-order valence-corrected chi connectivity index (χ3v) is 7.53. The number of hydrogen-bond donors (Lipinski definition) is 2. The quantitative estimate of drug-likeness (QED) is 0.752. The van der Waals surface area contributed by atoms with Crippen LogP contribution in [0.2, 0.25) is 0 Å². The first-order valence-electron chi connectivity index (χ1n) is 10.5. The fourth-order valence-corrected chi connectivity index (χ4v) is 5.85. The Balaban J connectivity index is 1.60. The molecule has 1 aromatic heterocycles. The maximum Gasteiger partial charge on any atom is 0.253 e. The van der Waals surface area contributed by atoms with Gasteiger partial charge < -0.3 is 15.2 Å². The Hall–Kier alpha value is -2.39. The van der Waals surface area contributed by atoms with E-state index in [2.05, 4.69) is 10.3 Å². The van der Waals surface area contributed by atoms with Crippen LogP contribution in [0.4, 0.5) is 0 Å². The summed E-state index contributed by atoms with van der Waals surface area (Å²) < 4.78 is 26.6. The Morgan fingerprint density at radius 3 is 2.70 bits per heavy atom. The van der Waals surface area contributed by atoms with E-state index in [-0.39, 0.29) is 36.9 Å². The first kappa shape index (κ1) is 20.9. The molecule has 0 spiro atoms. The van der Waals surface area contributed by atoms with Gasteiger partial charge in [-0.15, -0.1) is 0 Å². The summed E-state index contributed by atoms with van der Waals surface area (Å²) in [6.45, 7) is 1.19. The van der Waals surface area contributed by atoms with Crippen molar-refractivity contribution < 1.29 is 18.0 Å². The fourth-order valence-electron chi connectivity index (χ4n) is 4.69. The smallest absolute Gasteiger partial charge is 0.253 e. The zero-order chi connectivity index (χ0) is 21.3. The number of aromatic nitrogens is 1. The van der Waals surface area contributed by atoms with Gasteiger partial charge in [0, 0.05) is 54.9 Å². The van der Waals surface area contributed by atoms with Crippen molar-refractivity contribution in [1.82, 2.24) is 19.5 Å². The van der Waals surface area contributed by atoms with Crippen molar-refractivity contribution in [3.05, 3.63) is 36.0 Å². The molecule has 0 bridgehead atoms. The normalized spacial score (nSPS) is 24.3. The molecule has 2 unspecified atom stereocenters. The Kier molecular flexibility index (Phi) is 5.84. The molecule has 2 fully saturated rings. The molecule has 1 aromatic carbocycles. The summed E-state index contributed by atoms with van der Waals surface area (Å²) in [5.41, 5.74) is 1.50. The molecule has 30 heavy (non-hydrogen) atoms. The van der Waals surface area contributed by atoms with E-state index < -0.39 is 10.0 Å². The highest BCUT2D eigenvalue weighted by Gasteiger charge is 2.39. The molecule has 2 atom stereocenters. The molecule has 1 saturated heterocycles. The van der Waals surface area contributed by atoms with Gasteiger partial charge in [-0.3, -0.25) is 9.59 Å². The minimum atomic E-state index is -3.51. The number of hydrogen-bond acceptors (Lipinski definition) is 4. The molecule has 4 rings (SSSR count). The number of amides is 2. The SMILES string of the molecule is CS(=O)(=O)N1CCN(C(=O)c2ccc3[nH]ccc3c2)CCNC(=O)C2CCCCC21. The largest absolute Gasteiger partial charge is 0.361 e. The van der Waals surface area contributed by atoms with Crippen molar-refractivity contribution in [2.45, 2.75) is 31.7 Å². The summed E-state index contributed by atoms with van der Waals surface area (Å²) in [5, 5.41) is 3.87. The number of carbonyl (C=O) groups excluding carboxylic acids is 2. The summed E-state index contributed by atoms with van der Waals surface area (Å²) in [4.78, 5) is 30.7. The first-order chi connectivity index (χ1) is 14.3. The molecule has 8 nitrogen and oxygen atoms in total. The number of nitrogens with one attached hydrogen (secondary N) is 2. The number of H-pyrrole nitrogens is 1.